The molecule has 14 aromatic carbocycles. The van der Waals surface area contributed by atoms with Crippen molar-refractivity contribution in [3.05, 3.63) is 358 Å². The second-order valence-corrected chi connectivity index (χ2v) is 38.3. The number of nitrogens with zero attached hydrogens (tertiary/aromatic N) is 2. The topological polar surface area (TPSA) is 44.0 Å². The maximum absolute atomic E-state index is 15.3. The van der Waals surface area contributed by atoms with Crippen LogP contribution >= 0.6 is 0 Å². The van der Waals surface area contributed by atoms with Crippen LogP contribution in [0, 0.1) is 0 Å². The van der Waals surface area contributed by atoms with Crippen LogP contribution in [0.3, 0.4) is 0 Å². The Morgan fingerprint density at radius 1 is 0.220 bits per heavy atom. The number of aromatic nitrogens is 2. The number of benzene rings is 14. The average molecular weight is 1630 g/mol. The first-order valence-electron chi connectivity index (χ1n) is 47.2. The molecule has 3 aliphatic carbocycles. The molecule has 0 unspecified atom stereocenters. The fraction of sp³-hybridized carbons (Fsp3) is 0.288. The second-order valence-electron chi connectivity index (χ2n) is 36.4. The molecule has 0 fully saturated rings. The fourth-order valence-corrected chi connectivity index (χ4v) is 24.3. The van der Waals surface area contributed by atoms with Gasteiger partial charge in [-0.15, -0.1) is 0 Å². The molecule has 2 spiro atoms. The molecule has 0 radical (unpaired) electrons. The Hall–Kier alpha value is -11.4. The Morgan fingerprint density at radius 2 is 0.472 bits per heavy atom. The largest absolute Gasteiger partial charge is 0.309 e. The third-order valence-corrected chi connectivity index (χ3v) is 30.5. The number of rotatable bonds is 33. The molecule has 0 saturated carbocycles. The van der Waals surface area contributed by atoms with Gasteiger partial charge in [0.2, 0.25) is 9.84 Å². The van der Waals surface area contributed by atoms with Crippen molar-refractivity contribution in [1.29, 1.82) is 0 Å². The van der Waals surface area contributed by atoms with Gasteiger partial charge in [0.15, 0.2) is 0 Å². The Kier molecular flexibility index (Phi) is 22.4. The summed E-state index contributed by atoms with van der Waals surface area (Å²) < 4.78 is 35.9. The monoisotopic (exact) mass is 1620 g/mol. The van der Waals surface area contributed by atoms with Crippen molar-refractivity contribution in [1.82, 2.24) is 9.13 Å². The van der Waals surface area contributed by atoms with Gasteiger partial charge in [0.25, 0.3) is 0 Å². The molecular formula is C118H116N2O2S. The van der Waals surface area contributed by atoms with Crippen molar-refractivity contribution in [2.75, 3.05) is 0 Å². The van der Waals surface area contributed by atoms with Gasteiger partial charge in [0.1, 0.15) is 0 Å². The molecule has 616 valence electrons. The first-order chi connectivity index (χ1) is 60.6. The molecule has 123 heavy (non-hydrogen) atoms. The zero-order chi connectivity index (χ0) is 83.2. The van der Waals surface area contributed by atoms with E-state index in [1.165, 1.54) is 276 Å². The van der Waals surface area contributed by atoms with Crippen LogP contribution in [0.4, 0.5) is 0 Å². The molecule has 4 aliphatic rings. The van der Waals surface area contributed by atoms with Gasteiger partial charge in [-0.1, -0.05) is 338 Å². The highest BCUT2D eigenvalue weighted by Gasteiger charge is 2.55. The predicted molar refractivity (Wildman–Crippen MR) is 519 cm³/mol. The van der Waals surface area contributed by atoms with E-state index in [0.29, 0.717) is 9.79 Å². The lowest BCUT2D eigenvalue weighted by Crippen LogP contribution is -2.36. The van der Waals surface area contributed by atoms with Crippen molar-refractivity contribution in [2.45, 2.75) is 228 Å². The first kappa shape index (κ1) is 80.1. The van der Waals surface area contributed by atoms with Gasteiger partial charge in [0, 0.05) is 32.9 Å². The van der Waals surface area contributed by atoms with Crippen molar-refractivity contribution in [3.8, 4) is 78.1 Å². The lowest BCUT2D eigenvalue weighted by atomic mass is 9.66. The molecule has 5 heteroatoms. The minimum absolute atomic E-state index is 0.354. The highest BCUT2D eigenvalue weighted by atomic mass is 32.2. The molecule has 0 atom stereocenters. The fourth-order valence-electron chi connectivity index (χ4n) is 22.5. The smallest absolute Gasteiger partial charge is 0.207 e. The van der Waals surface area contributed by atoms with Gasteiger partial charge in [-0.2, -0.15) is 0 Å². The molecule has 20 rings (SSSR count). The highest BCUT2D eigenvalue weighted by molar-refractivity contribution is 7.91. The van der Waals surface area contributed by atoms with E-state index >= 15 is 8.42 Å². The summed E-state index contributed by atoms with van der Waals surface area (Å²) in [6, 6.07) is 111. The Morgan fingerprint density at radius 3 is 0.780 bits per heavy atom. The summed E-state index contributed by atoms with van der Waals surface area (Å²) in [5, 5.41) is 5.34. The van der Waals surface area contributed by atoms with Gasteiger partial charge in [-0.3, -0.25) is 0 Å². The van der Waals surface area contributed by atoms with E-state index in [-0.39, 0.29) is 0 Å². The number of hydrogen-bond acceptors (Lipinski definition) is 2. The van der Waals surface area contributed by atoms with E-state index in [4.69, 9.17) is 0 Å². The van der Waals surface area contributed by atoms with Crippen molar-refractivity contribution in [3.63, 3.8) is 0 Å². The van der Waals surface area contributed by atoms with E-state index in [9.17, 15) is 0 Å². The van der Waals surface area contributed by atoms with Gasteiger partial charge in [-0.25, -0.2) is 8.42 Å². The van der Waals surface area contributed by atoms with E-state index in [1.54, 1.807) is 0 Å². The minimum Gasteiger partial charge on any atom is -0.309 e. The summed E-state index contributed by atoms with van der Waals surface area (Å²) in [4.78, 5) is 0.708. The van der Waals surface area contributed by atoms with E-state index in [1.807, 2.05) is 36.4 Å². The molecule has 16 aromatic rings. The summed E-state index contributed by atoms with van der Waals surface area (Å²) in [7, 11) is -3.93. The van der Waals surface area contributed by atoms with Crippen molar-refractivity contribution in [2.24, 2.45) is 0 Å². The SMILES string of the molecule is CCCCCCCCc1ccc2c(c1)c1cc(CCCCCCCC)ccc1n2-c1ccc2c(c1)C1(c3cc(-c4ccccc4)ccc3-c3ccc(-c4ccc5c(c4)C4(c6cc(-c7ccccc7)ccc6-5)c5ccccc5S(=O)(=O)c5ccccc54)cc31)c1cc(-n3c4ccc(CCCCCCCC)cc4c4cc(CCCCCCCC)ccc43)ccc1-2. The minimum atomic E-state index is -3.93. The number of aryl methyl sites for hydroxylation is 4. The number of hydrogen-bond donors (Lipinski definition) is 0. The third-order valence-electron chi connectivity index (χ3n) is 28.7. The van der Waals surface area contributed by atoms with Gasteiger partial charge in [-0.05, 0) is 294 Å². The number of fused-ring (bicyclic) bond motifs is 25. The van der Waals surface area contributed by atoms with E-state index in [0.717, 1.165) is 92.7 Å². The van der Waals surface area contributed by atoms with Crippen LogP contribution in [0.15, 0.2) is 301 Å². The maximum atomic E-state index is 15.3. The summed E-state index contributed by atoms with van der Waals surface area (Å²) in [6.07, 6.45) is 34.9. The van der Waals surface area contributed by atoms with Gasteiger partial charge in [0.05, 0.1) is 42.7 Å². The average Bonchev–Trinajstić information content (AvgIpc) is 1.52. The normalized spacial score (nSPS) is 13.9. The van der Waals surface area contributed by atoms with Crippen LogP contribution < -0.4 is 0 Å². The maximum Gasteiger partial charge on any atom is 0.207 e. The molecule has 2 aromatic heterocycles. The highest BCUT2D eigenvalue weighted by Crippen LogP contribution is 2.66. The van der Waals surface area contributed by atoms with Crippen LogP contribution in [-0.2, 0) is 46.4 Å². The zero-order valence-corrected chi connectivity index (χ0v) is 73.4. The van der Waals surface area contributed by atoms with Gasteiger partial charge >= 0.3 is 0 Å². The summed E-state index contributed by atoms with van der Waals surface area (Å²) in [5.41, 5.74) is 33.9. The van der Waals surface area contributed by atoms with Crippen LogP contribution in [0.5, 0.6) is 0 Å². The Labute approximate surface area is 730 Å². The second kappa shape index (κ2) is 34.4. The third kappa shape index (κ3) is 14.1. The van der Waals surface area contributed by atoms with Crippen LogP contribution in [0.2, 0.25) is 0 Å². The lowest BCUT2D eigenvalue weighted by molar-refractivity contribution is 0.580. The molecule has 0 N–H and O–H groups in total. The summed E-state index contributed by atoms with van der Waals surface area (Å²) in [5.74, 6) is 0. The molecule has 0 saturated heterocycles. The zero-order valence-electron chi connectivity index (χ0n) is 72.6. The van der Waals surface area contributed by atoms with Gasteiger partial charge < -0.3 is 9.13 Å². The van der Waals surface area contributed by atoms with E-state index < -0.39 is 20.7 Å². The molecule has 1 aliphatic heterocycles. The molecular weight excluding hydrogens is 1510 g/mol. The molecule has 0 bridgehead atoms. The molecule has 3 heterocycles. The Bertz CT molecular complexity index is 6380. The summed E-state index contributed by atoms with van der Waals surface area (Å²) in [6.45, 7) is 9.26. The lowest BCUT2D eigenvalue weighted by Gasteiger charge is -2.39. The standard InChI is InChI=1S/C118H116N2O2S/c1-5-9-13-17-21-27-39-81-51-67-111-99(71-81)100-72-82(40-28-22-18-14-10-6-2)52-68-112(100)119(111)91-59-65-97-98-66-60-92(120-113-69-53-83(41-29-23-19-15-11-7-3)73-101(113)102-74-84(54-70-114(102)120)42-30-24-20-16-12-8-4)80-110(98)118(109(97)79-91)107-76-88(86-45-33-26-34-46-86)56-62-95(107)96-64-58-90(78-108(96)118)89-57-63-94-93-61-55-87(85-43-31-25-32-44-85)75-105(93)117(106(94)77-89)103-47-35-37-49-115(103)123(121,122)116-50-38-36-48-104(116)117/h25-26,31-38,43-80H,5-24,27-30,39-42H2,1-4H3. The molecule has 0 amide bonds. The van der Waals surface area contributed by atoms with Crippen LogP contribution in [0.1, 0.15) is 249 Å². The van der Waals surface area contributed by atoms with Crippen molar-refractivity contribution >= 4 is 53.4 Å². The number of unbranched alkanes of at least 4 members (excludes halogenated alkanes) is 20. The molecule has 4 nitrogen and oxygen atoms in total. The Balaban J connectivity index is 0.816. The summed E-state index contributed by atoms with van der Waals surface area (Å²) >= 11 is 0. The predicted octanol–water partition coefficient (Wildman–Crippen LogP) is 32.3. The first-order valence-corrected chi connectivity index (χ1v) is 48.7. The quantitative estimate of drug-likeness (QED) is 0.0385. The van der Waals surface area contributed by atoms with E-state index in [2.05, 4.69) is 292 Å². The van der Waals surface area contributed by atoms with Crippen molar-refractivity contribution < 1.29 is 8.42 Å². The number of sulfone groups is 1. The van der Waals surface area contributed by atoms with Crippen LogP contribution in [0.25, 0.3) is 122 Å². The van der Waals surface area contributed by atoms with Crippen LogP contribution in [-0.4, -0.2) is 17.6 Å².